The van der Waals surface area contributed by atoms with Crippen LogP contribution in [0.4, 0.5) is 17.1 Å². The van der Waals surface area contributed by atoms with E-state index in [1.54, 1.807) is 0 Å². The Morgan fingerprint density at radius 2 is 0.769 bits per heavy atom. The Balaban J connectivity index is 1.12. The molecule has 0 saturated heterocycles. The quantitative estimate of drug-likeness (QED) is 0.180. The first-order chi connectivity index (χ1) is 25.1. The van der Waals surface area contributed by atoms with E-state index in [0.717, 1.165) is 5.69 Å². The molecule has 3 aliphatic carbocycles. The highest BCUT2D eigenvalue weighted by Gasteiger charge is 2.43. The van der Waals surface area contributed by atoms with Crippen molar-refractivity contribution in [3.8, 4) is 44.5 Å². The summed E-state index contributed by atoms with van der Waals surface area (Å²) in [5.74, 6) is 0. The molecule has 0 amide bonds. The Hall–Kier alpha value is -5.66. The number of fused-ring (bicyclic) bond motifs is 9. The minimum Gasteiger partial charge on any atom is -0.310 e. The van der Waals surface area contributed by atoms with Crippen LogP contribution in [-0.4, -0.2) is 0 Å². The largest absolute Gasteiger partial charge is 0.310 e. The van der Waals surface area contributed by atoms with Gasteiger partial charge in [0.15, 0.2) is 0 Å². The zero-order valence-corrected chi connectivity index (χ0v) is 30.9. The topological polar surface area (TPSA) is 3.24 Å². The Labute approximate surface area is 308 Å². The summed E-state index contributed by atoms with van der Waals surface area (Å²) in [6, 6.07) is 56.9. The Kier molecular flexibility index (Phi) is 6.39. The van der Waals surface area contributed by atoms with E-state index in [4.69, 9.17) is 0 Å². The summed E-state index contributed by atoms with van der Waals surface area (Å²) in [5, 5.41) is 0. The van der Waals surface area contributed by atoms with Crippen LogP contribution in [0, 0.1) is 0 Å². The highest BCUT2D eigenvalue weighted by molar-refractivity contribution is 5.96. The van der Waals surface area contributed by atoms with Crippen molar-refractivity contribution in [3.05, 3.63) is 185 Å². The third-order valence-corrected chi connectivity index (χ3v) is 12.7. The van der Waals surface area contributed by atoms with Crippen LogP contribution in [0.1, 0.15) is 74.9 Å². The lowest BCUT2D eigenvalue weighted by molar-refractivity contribution is 0.652. The molecular weight excluding hydrogens is 627 g/mol. The van der Waals surface area contributed by atoms with Gasteiger partial charge in [-0.1, -0.05) is 145 Å². The third-order valence-electron chi connectivity index (χ3n) is 12.7. The van der Waals surface area contributed by atoms with E-state index < -0.39 is 0 Å². The molecule has 3 aliphatic rings. The molecule has 0 unspecified atom stereocenters. The number of hydrogen-bond donors (Lipinski definition) is 0. The lowest BCUT2D eigenvalue weighted by atomic mass is 9.79. The van der Waals surface area contributed by atoms with E-state index in [2.05, 4.69) is 198 Å². The molecule has 252 valence electrons. The molecule has 0 N–H and O–H groups in total. The van der Waals surface area contributed by atoms with Gasteiger partial charge in [-0.2, -0.15) is 0 Å². The lowest BCUT2D eigenvalue weighted by Crippen LogP contribution is -2.18. The van der Waals surface area contributed by atoms with Crippen molar-refractivity contribution in [3.63, 3.8) is 0 Å². The summed E-state index contributed by atoms with van der Waals surface area (Å²) in [5.41, 5.74) is 22.4. The molecule has 10 rings (SSSR count). The molecule has 0 atom stereocenters. The Bertz CT molecular complexity index is 2590. The molecule has 0 bridgehead atoms. The van der Waals surface area contributed by atoms with Crippen LogP contribution >= 0.6 is 0 Å². The average Bonchev–Trinajstić information content (AvgIpc) is 3.64. The van der Waals surface area contributed by atoms with Gasteiger partial charge in [0.2, 0.25) is 0 Å². The summed E-state index contributed by atoms with van der Waals surface area (Å²) in [7, 11) is 0. The smallest absolute Gasteiger partial charge is 0.0465 e. The van der Waals surface area contributed by atoms with E-state index in [1.165, 1.54) is 89.3 Å². The zero-order chi connectivity index (χ0) is 35.6. The van der Waals surface area contributed by atoms with Crippen molar-refractivity contribution < 1.29 is 0 Å². The average molecular weight is 670 g/mol. The summed E-state index contributed by atoms with van der Waals surface area (Å²) in [6.07, 6.45) is 0. The Morgan fingerprint density at radius 3 is 1.46 bits per heavy atom. The molecule has 52 heavy (non-hydrogen) atoms. The van der Waals surface area contributed by atoms with Gasteiger partial charge in [-0.3, -0.25) is 0 Å². The van der Waals surface area contributed by atoms with Crippen LogP contribution in [0.3, 0.4) is 0 Å². The molecule has 7 aromatic rings. The molecule has 0 heterocycles. The summed E-state index contributed by atoms with van der Waals surface area (Å²) in [6.45, 7) is 14.4. The fourth-order valence-electron chi connectivity index (χ4n) is 9.85. The maximum Gasteiger partial charge on any atom is 0.0465 e. The number of anilines is 3. The minimum absolute atomic E-state index is 0.0704. The molecular formula is C51H43N. The second-order valence-corrected chi connectivity index (χ2v) is 16.6. The number of benzene rings is 7. The van der Waals surface area contributed by atoms with Crippen molar-refractivity contribution >= 4 is 17.1 Å². The van der Waals surface area contributed by atoms with Crippen molar-refractivity contribution in [1.82, 2.24) is 0 Å². The van der Waals surface area contributed by atoms with Gasteiger partial charge in [-0.15, -0.1) is 0 Å². The molecule has 0 saturated carbocycles. The number of rotatable bonds is 4. The molecule has 0 aliphatic heterocycles. The monoisotopic (exact) mass is 669 g/mol. The van der Waals surface area contributed by atoms with Crippen molar-refractivity contribution in [2.75, 3.05) is 4.90 Å². The van der Waals surface area contributed by atoms with E-state index in [0.29, 0.717) is 0 Å². The lowest BCUT2D eigenvalue weighted by Gasteiger charge is -2.29. The van der Waals surface area contributed by atoms with Crippen LogP contribution < -0.4 is 4.90 Å². The predicted octanol–water partition coefficient (Wildman–Crippen LogP) is 13.7. The highest BCUT2D eigenvalue weighted by Crippen LogP contribution is 2.58. The van der Waals surface area contributed by atoms with Gasteiger partial charge in [0.25, 0.3) is 0 Å². The van der Waals surface area contributed by atoms with Crippen molar-refractivity contribution in [2.45, 2.75) is 57.8 Å². The van der Waals surface area contributed by atoms with E-state index in [-0.39, 0.29) is 16.2 Å². The Morgan fingerprint density at radius 1 is 0.308 bits per heavy atom. The summed E-state index contributed by atoms with van der Waals surface area (Å²) >= 11 is 0. The SMILES string of the molecule is CC1(C)c2ccccc2-c2ccc(N(c3ccccc3)c3ccc4c(c3)C(C)(C)c3cc5c(cc3-4)C(C)(C)c3cccc(-c4ccccc4)c3-5)cc21. The van der Waals surface area contributed by atoms with Crippen LogP contribution in [0.25, 0.3) is 44.5 Å². The maximum absolute atomic E-state index is 2.54. The van der Waals surface area contributed by atoms with E-state index >= 15 is 0 Å². The highest BCUT2D eigenvalue weighted by atomic mass is 15.1. The first kappa shape index (κ1) is 31.1. The standard InChI is InChI=1S/C51H43N/c1-49(2)42-22-14-13-20-37(42)38-26-24-34(28-44(38)49)52(33-18-11-8-12-19-33)35-25-27-39-40-30-47-41(31-46(40)51(5,6)45(39)29-35)48-36(32-16-9-7-10-17-32)21-15-23-43(48)50(47,3)4/h7-31H,1-6H3. The van der Waals surface area contributed by atoms with Crippen LogP contribution in [0.5, 0.6) is 0 Å². The molecule has 7 aromatic carbocycles. The zero-order valence-electron chi connectivity index (χ0n) is 30.9. The van der Waals surface area contributed by atoms with Crippen LogP contribution in [0.15, 0.2) is 152 Å². The molecule has 0 radical (unpaired) electrons. The van der Waals surface area contributed by atoms with E-state index in [9.17, 15) is 0 Å². The van der Waals surface area contributed by atoms with E-state index in [1.807, 2.05) is 0 Å². The minimum atomic E-state index is -0.172. The van der Waals surface area contributed by atoms with Gasteiger partial charge in [0.05, 0.1) is 0 Å². The first-order valence-electron chi connectivity index (χ1n) is 18.7. The fraction of sp³-hybridized carbons (Fsp3) is 0.176. The van der Waals surface area contributed by atoms with Crippen molar-refractivity contribution in [2.24, 2.45) is 0 Å². The van der Waals surface area contributed by atoms with Gasteiger partial charge in [0, 0.05) is 33.3 Å². The fourth-order valence-corrected chi connectivity index (χ4v) is 9.85. The molecule has 0 spiro atoms. The normalized spacial score (nSPS) is 16.0. The summed E-state index contributed by atoms with van der Waals surface area (Å²) < 4.78 is 0. The van der Waals surface area contributed by atoms with Gasteiger partial charge >= 0.3 is 0 Å². The molecule has 0 fully saturated rings. The van der Waals surface area contributed by atoms with Gasteiger partial charge < -0.3 is 4.90 Å². The van der Waals surface area contributed by atoms with Gasteiger partial charge in [0.1, 0.15) is 0 Å². The second kappa shape index (κ2) is 10.7. The third kappa shape index (κ3) is 4.17. The number of para-hydroxylation sites is 1. The predicted molar refractivity (Wildman–Crippen MR) is 219 cm³/mol. The van der Waals surface area contributed by atoms with Crippen molar-refractivity contribution in [1.29, 1.82) is 0 Å². The number of hydrogen-bond acceptors (Lipinski definition) is 1. The summed E-state index contributed by atoms with van der Waals surface area (Å²) in [4.78, 5) is 2.45. The molecule has 1 nitrogen and oxygen atoms in total. The van der Waals surface area contributed by atoms with Gasteiger partial charge in [-0.25, -0.2) is 0 Å². The molecule has 0 aromatic heterocycles. The first-order valence-corrected chi connectivity index (χ1v) is 18.7. The number of nitrogens with zero attached hydrogens (tertiary/aromatic N) is 1. The van der Waals surface area contributed by atoms with Crippen LogP contribution in [0.2, 0.25) is 0 Å². The van der Waals surface area contributed by atoms with Crippen LogP contribution in [-0.2, 0) is 16.2 Å². The maximum atomic E-state index is 2.54. The second-order valence-electron chi connectivity index (χ2n) is 16.6. The molecule has 1 heteroatoms. The van der Waals surface area contributed by atoms with Gasteiger partial charge in [-0.05, 0) is 126 Å².